The molecule has 0 bridgehead atoms. The van der Waals surface area contributed by atoms with Crippen molar-refractivity contribution in [2.24, 2.45) is 0 Å². The molecule has 5 heteroatoms. The van der Waals surface area contributed by atoms with E-state index in [1.807, 2.05) is 19.2 Å². The number of ether oxygens (including phenoxy) is 1. The zero-order valence-corrected chi connectivity index (χ0v) is 19.1. The van der Waals surface area contributed by atoms with Crippen LogP contribution in [-0.2, 0) is 16.5 Å². The molecule has 2 fully saturated rings. The Kier molecular flexibility index (Phi) is 8.18. The normalized spacial score (nSPS) is 18.9. The van der Waals surface area contributed by atoms with E-state index in [4.69, 9.17) is 4.74 Å². The Morgan fingerprint density at radius 1 is 1.09 bits per heavy atom. The molecule has 0 aromatic heterocycles. The van der Waals surface area contributed by atoms with E-state index in [1.54, 1.807) is 0 Å². The molecule has 0 spiro atoms. The summed E-state index contributed by atoms with van der Waals surface area (Å²) in [6, 6.07) is 14.3. The minimum atomic E-state index is -4.23. The van der Waals surface area contributed by atoms with Gasteiger partial charge in [-0.05, 0) is 87.8 Å². The number of benzene rings is 2. The minimum Gasteiger partial charge on any atom is -0.371 e. The highest BCUT2D eigenvalue weighted by Crippen LogP contribution is 2.44. The molecule has 2 aromatic carbocycles. The fraction of sp³-hybridized carbons (Fsp3) is 0.481. The van der Waals surface area contributed by atoms with Gasteiger partial charge in [0, 0.05) is 6.61 Å². The number of alkyl halides is 3. The van der Waals surface area contributed by atoms with Crippen molar-refractivity contribution >= 4 is 6.08 Å². The first kappa shape index (κ1) is 24.5. The summed E-state index contributed by atoms with van der Waals surface area (Å²) in [5, 5.41) is 0. The van der Waals surface area contributed by atoms with Gasteiger partial charge in [-0.3, -0.25) is 0 Å². The molecule has 0 radical (unpaired) electrons. The number of piperidine rings is 1. The van der Waals surface area contributed by atoms with Crippen molar-refractivity contribution in [1.82, 2.24) is 4.90 Å². The molecule has 0 amide bonds. The summed E-state index contributed by atoms with van der Waals surface area (Å²) in [5.74, 6) is 0.272. The number of rotatable bonds is 5. The van der Waals surface area contributed by atoms with Crippen molar-refractivity contribution in [2.45, 2.75) is 56.7 Å². The van der Waals surface area contributed by atoms with E-state index < -0.39 is 11.7 Å². The van der Waals surface area contributed by atoms with Gasteiger partial charge in [-0.1, -0.05) is 55.1 Å². The molecule has 32 heavy (non-hydrogen) atoms. The van der Waals surface area contributed by atoms with Crippen LogP contribution in [0.15, 0.2) is 55.1 Å². The Labute approximate surface area is 190 Å². The number of nitrogens with zero attached hydrogens (tertiary/aromatic N) is 1. The molecule has 2 nitrogen and oxygen atoms in total. The molecule has 0 atom stereocenters. The van der Waals surface area contributed by atoms with E-state index in [-0.39, 0.29) is 11.5 Å². The van der Waals surface area contributed by atoms with Gasteiger partial charge in [0.25, 0.3) is 0 Å². The second kappa shape index (κ2) is 10.7. The monoisotopic (exact) mass is 445 g/mol. The number of hydrogen-bond acceptors (Lipinski definition) is 2. The highest BCUT2D eigenvalue weighted by atomic mass is 19.4. The highest BCUT2D eigenvalue weighted by Gasteiger charge is 2.39. The first-order chi connectivity index (χ1) is 15.3. The maximum absolute atomic E-state index is 12.6. The van der Waals surface area contributed by atoms with Crippen LogP contribution in [0.3, 0.4) is 0 Å². The number of likely N-dealkylation sites (tertiary alicyclic amines) is 1. The van der Waals surface area contributed by atoms with Crippen LogP contribution in [0.4, 0.5) is 13.2 Å². The molecule has 0 unspecified atom stereocenters. The van der Waals surface area contributed by atoms with Gasteiger partial charge >= 0.3 is 6.18 Å². The van der Waals surface area contributed by atoms with Crippen LogP contribution in [-0.4, -0.2) is 31.6 Å². The van der Waals surface area contributed by atoms with E-state index in [2.05, 4.69) is 42.7 Å². The molecule has 1 aliphatic carbocycles. The van der Waals surface area contributed by atoms with Crippen LogP contribution in [0.2, 0.25) is 0 Å². The van der Waals surface area contributed by atoms with Crippen molar-refractivity contribution in [3.63, 3.8) is 0 Å². The first-order valence-corrected chi connectivity index (χ1v) is 11.5. The lowest BCUT2D eigenvalue weighted by Gasteiger charge is -2.42. The van der Waals surface area contributed by atoms with Gasteiger partial charge in [0.2, 0.25) is 0 Å². The first-order valence-electron chi connectivity index (χ1n) is 11.5. The summed E-state index contributed by atoms with van der Waals surface area (Å²) in [7, 11) is 2.04. The van der Waals surface area contributed by atoms with Gasteiger partial charge in [-0.15, -0.1) is 0 Å². The smallest absolute Gasteiger partial charge is 0.371 e. The predicted molar refractivity (Wildman–Crippen MR) is 125 cm³/mol. The Morgan fingerprint density at radius 3 is 2.25 bits per heavy atom. The molecule has 2 aromatic rings. The summed E-state index contributed by atoms with van der Waals surface area (Å²) in [4.78, 5) is 2.21. The average Bonchev–Trinajstić information content (AvgIpc) is 2.77. The maximum Gasteiger partial charge on any atom is 0.416 e. The van der Waals surface area contributed by atoms with E-state index in [9.17, 15) is 13.2 Å². The molecule has 174 valence electrons. The Bertz CT molecular complexity index is 863. The van der Waals surface area contributed by atoms with Crippen LogP contribution in [0.25, 0.3) is 6.08 Å². The third kappa shape index (κ3) is 6.02. The lowest BCUT2D eigenvalue weighted by Crippen LogP contribution is -2.37. The largest absolute Gasteiger partial charge is 0.416 e. The highest BCUT2D eigenvalue weighted by molar-refractivity contribution is 5.48. The van der Waals surface area contributed by atoms with Crippen LogP contribution >= 0.6 is 0 Å². The van der Waals surface area contributed by atoms with Crippen LogP contribution in [0.1, 0.15) is 67.2 Å². The number of hydrogen-bond donors (Lipinski definition) is 0. The molecule has 0 N–H and O–H groups in total. The van der Waals surface area contributed by atoms with Gasteiger partial charge in [0.15, 0.2) is 0 Å². The summed E-state index contributed by atoms with van der Waals surface area (Å²) in [5.41, 5.74) is 2.81. The van der Waals surface area contributed by atoms with Crippen molar-refractivity contribution in [1.29, 1.82) is 0 Å². The summed E-state index contributed by atoms with van der Waals surface area (Å²) in [6.45, 7) is 8.54. The van der Waals surface area contributed by atoms with Crippen LogP contribution in [0, 0.1) is 0 Å². The third-order valence-electron chi connectivity index (χ3n) is 6.66. The SMILES string of the molecule is C=Cc1ccc(C2(OCC)CCC2)cc1.CN1CCC(c2cccc(C(F)(F)F)c2)CC1. The zero-order chi connectivity index (χ0) is 23.2. The van der Waals surface area contributed by atoms with E-state index in [0.717, 1.165) is 57.0 Å². The second-order valence-corrected chi connectivity index (χ2v) is 8.81. The molecular formula is C27H34F3NO. The van der Waals surface area contributed by atoms with Crippen molar-refractivity contribution in [3.05, 3.63) is 77.4 Å². The van der Waals surface area contributed by atoms with Crippen LogP contribution < -0.4 is 0 Å². The lowest BCUT2D eigenvalue weighted by atomic mass is 9.74. The molecule has 1 heterocycles. The number of halogens is 3. The minimum absolute atomic E-state index is 0.0223. The van der Waals surface area contributed by atoms with Gasteiger partial charge in [0.1, 0.15) is 0 Å². The summed E-state index contributed by atoms with van der Waals surface area (Å²) < 4.78 is 43.7. The summed E-state index contributed by atoms with van der Waals surface area (Å²) >= 11 is 0. The van der Waals surface area contributed by atoms with E-state index in [1.165, 1.54) is 29.7 Å². The maximum atomic E-state index is 12.6. The van der Waals surface area contributed by atoms with E-state index in [0.29, 0.717) is 0 Å². The van der Waals surface area contributed by atoms with E-state index >= 15 is 0 Å². The van der Waals surface area contributed by atoms with Gasteiger partial charge in [-0.25, -0.2) is 0 Å². The Balaban J connectivity index is 0.000000182. The summed E-state index contributed by atoms with van der Waals surface area (Å²) in [6.07, 6.45) is 3.13. The van der Waals surface area contributed by atoms with Crippen molar-refractivity contribution in [2.75, 3.05) is 26.7 Å². The fourth-order valence-corrected chi connectivity index (χ4v) is 4.52. The molecule has 1 saturated carbocycles. The van der Waals surface area contributed by atoms with Gasteiger partial charge in [-0.2, -0.15) is 13.2 Å². The standard InChI is InChI=1S/C14H18O.C13H16F3N/c1-3-12-6-8-13(9-7-12)14(15-4-2)10-5-11-14;1-17-7-5-10(6-8-17)11-3-2-4-12(9-11)13(14,15)16/h3,6-9H,1,4-5,10-11H2,2H3;2-4,9-10H,5-8H2,1H3. The van der Waals surface area contributed by atoms with Crippen molar-refractivity contribution in [3.8, 4) is 0 Å². The zero-order valence-electron chi connectivity index (χ0n) is 19.1. The third-order valence-corrected chi connectivity index (χ3v) is 6.66. The molecule has 1 aliphatic heterocycles. The average molecular weight is 446 g/mol. The van der Waals surface area contributed by atoms with Crippen LogP contribution in [0.5, 0.6) is 0 Å². The second-order valence-electron chi connectivity index (χ2n) is 8.81. The van der Waals surface area contributed by atoms with Crippen molar-refractivity contribution < 1.29 is 17.9 Å². The fourth-order valence-electron chi connectivity index (χ4n) is 4.52. The lowest BCUT2D eigenvalue weighted by molar-refractivity contribution is -0.137. The Hall–Kier alpha value is -2.11. The molecule has 1 saturated heterocycles. The van der Waals surface area contributed by atoms with Gasteiger partial charge in [0.05, 0.1) is 11.2 Å². The topological polar surface area (TPSA) is 12.5 Å². The quantitative estimate of drug-likeness (QED) is 0.480. The van der Waals surface area contributed by atoms with Gasteiger partial charge < -0.3 is 9.64 Å². The predicted octanol–water partition coefficient (Wildman–Crippen LogP) is 7.26. The molecular weight excluding hydrogens is 411 g/mol. The molecule has 4 rings (SSSR count). The molecule has 2 aliphatic rings. The Morgan fingerprint density at radius 2 is 1.75 bits per heavy atom.